The molecule has 0 saturated carbocycles. The van der Waals surface area contributed by atoms with Gasteiger partial charge in [0, 0.05) is 11.2 Å². The molecule has 2 heterocycles. The van der Waals surface area contributed by atoms with Gasteiger partial charge in [-0.1, -0.05) is 36.7 Å². The average Bonchev–Trinajstić information content (AvgIpc) is 3.02. The number of carbonyl (C=O) groups excluding carboxylic acids is 1. The van der Waals surface area contributed by atoms with Crippen molar-refractivity contribution < 1.29 is 4.79 Å². The highest BCUT2D eigenvalue weighted by molar-refractivity contribution is 7.21. The molecule has 0 atom stereocenters. The van der Waals surface area contributed by atoms with Gasteiger partial charge in [-0.15, -0.1) is 11.3 Å². The first-order chi connectivity index (χ1) is 9.70. The zero-order valence-corrected chi connectivity index (χ0v) is 12.5. The van der Waals surface area contributed by atoms with Crippen LogP contribution < -0.4 is 0 Å². The van der Waals surface area contributed by atoms with Crippen LogP contribution in [0.5, 0.6) is 0 Å². The van der Waals surface area contributed by atoms with Crippen LogP contribution in [0.2, 0.25) is 5.02 Å². The maximum absolute atomic E-state index is 12.7. The normalized spacial score (nSPS) is 11.1. The van der Waals surface area contributed by atoms with Crippen molar-refractivity contribution in [2.24, 2.45) is 0 Å². The number of aryl methyl sites for hydroxylation is 1. The van der Waals surface area contributed by atoms with Crippen molar-refractivity contribution in [3.63, 3.8) is 0 Å². The van der Waals surface area contributed by atoms with Crippen LogP contribution in [0.1, 0.15) is 28.7 Å². The number of ketones is 1. The molecule has 0 bridgehead atoms. The lowest BCUT2D eigenvalue weighted by Gasteiger charge is -2.04. The minimum absolute atomic E-state index is 0.0536. The van der Waals surface area contributed by atoms with E-state index in [9.17, 15) is 4.79 Å². The third-order valence-corrected chi connectivity index (χ3v) is 4.49. The molecule has 0 aliphatic heterocycles. The SMILES string of the molecule is CCCn1ncc(Cl)c1C(=O)c1cc2ccccc2s1. The summed E-state index contributed by atoms with van der Waals surface area (Å²) in [7, 11) is 0. The predicted molar refractivity (Wildman–Crippen MR) is 82.8 cm³/mol. The van der Waals surface area contributed by atoms with E-state index in [0.29, 0.717) is 22.1 Å². The van der Waals surface area contributed by atoms with Crippen LogP contribution in [0, 0.1) is 0 Å². The minimum Gasteiger partial charge on any atom is -0.286 e. The maximum Gasteiger partial charge on any atom is 0.222 e. The molecular formula is C15H13ClN2OS. The minimum atomic E-state index is -0.0536. The second kappa shape index (κ2) is 5.38. The molecule has 0 N–H and O–H groups in total. The van der Waals surface area contributed by atoms with E-state index >= 15 is 0 Å². The zero-order chi connectivity index (χ0) is 14.1. The highest BCUT2D eigenvalue weighted by Gasteiger charge is 2.20. The number of rotatable bonds is 4. The van der Waals surface area contributed by atoms with Crippen LogP contribution in [0.3, 0.4) is 0 Å². The number of thiophene rings is 1. The van der Waals surface area contributed by atoms with Crippen molar-refractivity contribution in [3.8, 4) is 0 Å². The van der Waals surface area contributed by atoms with Gasteiger partial charge in [-0.2, -0.15) is 5.10 Å². The van der Waals surface area contributed by atoms with Crippen molar-refractivity contribution in [3.05, 3.63) is 52.1 Å². The summed E-state index contributed by atoms with van der Waals surface area (Å²) in [6, 6.07) is 9.89. The van der Waals surface area contributed by atoms with Crippen molar-refractivity contribution in [2.75, 3.05) is 0 Å². The Morgan fingerprint density at radius 3 is 2.95 bits per heavy atom. The third-order valence-electron chi connectivity index (χ3n) is 3.09. The van der Waals surface area contributed by atoms with Crippen molar-refractivity contribution in [2.45, 2.75) is 19.9 Å². The van der Waals surface area contributed by atoms with Crippen LogP contribution >= 0.6 is 22.9 Å². The van der Waals surface area contributed by atoms with E-state index < -0.39 is 0 Å². The number of aromatic nitrogens is 2. The van der Waals surface area contributed by atoms with Gasteiger partial charge in [0.15, 0.2) is 0 Å². The van der Waals surface area contributed by atoms with Gasteiger partial charge in [-0.05, 0) is 23.9 Å². The quantitative estimate of drug-likeness (QED) is 0.670. The molecule has 0 saturated heterocycles. The molecule has 0 aliphatic carbocycles. The van der Waals surface area contributed by atoms with Crippen LogP contribution in [0.25, 0.3) is 10.1 Å². The molecule has 0 amide bonds. The fraction of sp³-hybridized carbons (Fsp3) is 0.200. The molecule has 5 heteroatoms. The Balaban J connectivity index is 2.06. The summed E-state index contributed by atoms with van der Waals surface area (Å²) in [5.41, 5.74) is 0.486. The lowest BCUT2D eigenvalue weighted by atomic mass is 10.2. The Morgan fingerprint density at radius 1 is 1.40 bits per heavy atom. The van der Waals surface area contributed by atoms with E-state index in [2.05, 4.69) is 5.10 Å². The number of nitrogens with zero attached hydrogens (tertiary/aromatic N) is 2. The van der Waals surface area contributed by atoms with Crippen LogP contribution in [-0.2, 0) is 6.54 Å². The van der Waals surface area contributed by atoms with Gasteiger partial charge in [-0.25, -0.2) is 0 Å². The average molecular weight is 305 g/mol. The molecule has 3 nitrogen and oxygen atoms in total. The number of fused-ring (bicyclic) bond motifs is 1. The Hall–Kier alpha value is -1.65. The predicted octanol–water partition coefficient (Wildman–Crippen LogP) is 4.39. The monoisotopic (exact) mass is 304 g/mol. The van der Waals surface area contributed by atoms with Gasteiger partial charge in [0.1, 0.15) is 5.69 Å². The molecule has 0 aliphatic rings. The summed E-state index contributed by atoms with van der Waals surface area (Å²) in [5, 5.41) is 5.67. The van der Waals surface area contributed by atoms with E-state index in [1.165, 1.54) is 17.5 Å². The summed E-state index contributed by atoms with van der Waals surface area (Å²) in [4.78, 5) is 13.4. The Morgan fingerprint density at radius 2 is 2.20 bits per heavy atom. The number of hydrogen-bond donors (Lipinski definition) is 0. The summed E-state index contributed by atoms with van der Waals surface area (Å²) in [6.07, 6.45) is 2.45. The molecule has 1 aromatic carbocycles. The van der Waals surface area contributed by atoms with Gasteiger partial charge in [0.25, 0.3) is 0 Å². The van der Waals surface area contributed by atoms with Crippen molar-refractivity contribution in [1.82, 2.24) is 9.78 Å². The van der Waals surface area contributed by atoms with Crippen LogP contribution in [0.4, 0.5) is 0 Å². The molecule has 2 aromatic heterocycles. The molecule has 0 fully saturated rings. The maximum atomic E-state index is 12.7. The van der Waals surface area contributed by atoms with Gasteiger partial charge in [-0.3, -0.25) is 9.48 Å². The van der Waals surface area contributed by atoms with Gasteiger partial charge in [0.05, 0.1) is 16.1 Å². The Kier molecular flexibility index (Phi) is 3.59. The molecule has 0 unspecified atom stereocenters. The number of carbonyl (C=O) groups is 1. The molecule has 0 spiro atoms. The molecule has 20 heavy (non-hydrogen) atoms. The first-order valence-electron chi connectivity index (χ1n) is 6.45. The van der Waals surface area contributed by atoms with Crippen molar-refractivity contribution >= 4 is 38.8 Å². The fourth-order valence-corrected chi connectivity index (χ4v) is 3.41. The van der Waals surface area contributed by atoms with Crippen LogP contribution in [-0.4, -0.2) is 15.6 Å². The second-order valence-corrected chi connectivity index (χ2v) is 6.03. The molecule has 3 rings (SSSR count). The fourth-order valence-electron chi connectivity index (χ4n) is 2.18. The van der Waals surface area contributed by atoms with Gasteiger partial charge in [0.2, 0.25) is 5.78 Å². The van der Waals surface area contributed by atoms with Crippen molar-refractivity contribution in [1.29, 1.82) is 0 Å². The Labute approximate surface area is 125 Å². The first kappa shape index (κ1) is 13.3. The zero-order valence-electron chi connectivity index (χ0n) is 11.0. The van der Waals surface area contributed by atoms with E-state index in [1.54, 1.807) is 4.68 Å². The van der Waals surface area contributed by atoms with E-state index in [0.717, 1.165) is 16.5 Å². The van der Waals surface area contributed by atoms with Gasteiger partial charge >= 0.3 is 0 Å². The summed E-state index contributed by atoms with van der Waals surface area (Å²) >= 11 is 7.61. The molecular weight excluding hydrogens is 292 g/mol. The summed E-state index contributed by atoms with van der Waals surface area (Å²) in [6.45, 7) is 2.74. The highest BCUT2D eigenvalue weighted by atomic mass is 35.5. The molecule has 3 aromatic rings. The highest BCUT2D eigenvalue weighted by Crippen LogP contribution is 2.29. The Bertz CT molecular complexity index is 742. The second-order valence-electron chi connectivity index (χ2n) is 4.54. The lowest BCUT2D eigenvalue weighted by molar-refractivity contribution is 0.103. The number of hydrogen-bond acceptors (Lipinski definition) is 3. The third kappa shape index (κ3) is 2.25. The standard InChI is InChI=1S/C15H13ClN2OS/c1-2-7-18-14(11(16)9-17-18)15(19)13-8-10-5-3-4-6-12(10)20-13/h3-6,8-9H,2,7H2,1H3. The largest absolute Gasteiger partial charge is 0.286 e. The smallest absolute Gasteiger partial charge is 0.222 e. The van der Waals surface area contributed by atoms with Gasteiger partial charge < -0.3 is 0 Å². The van der Waals surface area contributed by atoms with E-state index in [-0.39, 0.29) is 5.78 Å². The molecule has 102 valence electrons. The first-order valence-corrected chi connectivity index (χ1v) is 7.64. The lowest BCUT2D eigenvalue weighted by Crippen LogP contribution is -2.10. The van der Waals surface area contributed by atoms with Crippen LogP contribution in [0.15, 0.2) is 36.5 Å². The number of halogens is 1. The van der Waals surface area contributed by atoms with E-state index in [4.69, 9.17) is 11.6 Å². The summed E-state index contributed by atoms with van der Waals surface area (Å²) in [5.74, 6) is -0.0536. The topological polar surface area (TPSA) is 34.9 Å². The van der Waals surface area contributed by atoms with E-state index in [1.807, 2.05) is 37.3 Å². The number of benzene rings is 1. The summed E-state index contributed by atoms with van der Waals surface area (Å²) < 4.78 is 2.79. The molecule has 0 radical (unpaired) electrons.